The Kier molecular flexibility index (Phi) is 5.55. The number of alkyl halides is 4. The van der Waals surface area contributed by atoms with Crippen molar-refractivity contribution in [1.29, 1.82) is 0 Å². The lowest BCUT2D eigenvalue weighted by Crippen LogP contribution is -2.12. The Morgan fingerprint density at radius 2 is 1.93 bits per heavy atom. The maximum absolute atomic E-state index is 13.0. The number of aromatic nitrogens is 3. The highest BCUT2D eigenvalue weighted by atomic mass is 35.5. The number of methoxy groups -OCH3 is 1. The van der Waals surface area contributed by atoms with Crippen LogP contribution in [0.3, 0.4) is 0 Å². The first-order valence-electron chi connectivity index (χ1n) is 7.97. The van der Waals surface area contributed by atoms with Crippen LogP contribution in [0, 0.1) is 0 Å². The molecule has 2 aromatic carbocycles. The second kappa shape index (κ2) is 7.89. The number of anilines is 1. The number of amides is 1. The first kappa shape index (κ1) is 19.7. The van der Waals surface area contributed by atoms with Gasteiger partial charge in [0, 0.05) is 11.3 Å². The molecule has 0 radical (unpaired) electrons. The van der Waals surface area contributed by atoms with E-state index in [2.05, 4.69) is 15.4 Å². The summed E-state index contributed by atoms with van der Waals surface area (Å²) in [5.41, 5.74) is 0.469. The van der Waals surface area contributed by atoms with E-state index in [1.54, 1.807) is 24.3 Å². The van der Waals surface area contributed by atoms with Crippen molar-refractivity contribution in [1.82, 2.24) is 14.8 Å². The lowest BCUT2D eigenvalue weighted by molar-refractivity contribution is -0.137. The van der Waals surface area contributed by atoms with Gasteiger partial charge in [-0.1, -0.05) is 12.1 Å². The molecular weight excluding hydrogens is 397 g/mol. The highest BCUT2D eigenvalue weighted by Crippen LogP contribution is 2.32. The van der Waals surface area contributed by atoms with Crippen LogP contribution >= 0.6 is 11.6 Å². The first-order valence-corrected chi connectivity index (χ1v) is 8.50. The molecule has 3 rings (SSSR count). The highest BCUT2D eigenvalue weighted by Gasteiger charge is 2.31. The molecule has 0 aliphatic carbocycles. The zero-order valence-corrected chi connectivity index (χ0v) is 15.3. The van der Waals surface area contributed by atoms with Crippen molar-refractivity contribution in [3.8, 4) is 23.1 Å². The minimum atomic E-state index is -4.48. The molecule has 1 heterocycles. The molecule has 28 heavy (non-hydrogen) atoms. The molecule has 0 aliphatic rings. The van der Waals surface area contributed by atoms with Crippen LogP contribution < -0.4 is 10.1 Å². The number of ether oxygens (including phenoxy) is 1. The van der Waals surface area contributed by atoms with Gasteiger partial charge in [-0.25, -0.2) is 4.68 Å². The van der Waals surface area contributed by atoms with E-state index in [-0.39, 0.29) is 29.2 Å². The van der Waals surface area contributed by atoms with Crippen LogP contribution in [0.5, 0.6) is 6.01 Å². The van der Waals surface area contributed by atoms with Gasteiger partial charge in [-0.3, -0.25) is 4.79 Å². The number of hydrogen-bond acceptors (Lipinski definition) is 4. The molecule has 0 fully saturated rings. The molecule has 0 atom stereocenters. The van der Waals surface area contributed by atoms with Crippen molar-refractivity contribution >= 4 is 23.2 Å². The number of carbonyl (C=O) groups excluding carboxylic acids is 1. The minimum Gasteiger partial charge on any atom is -0.466 e. The van der Waals surface area contributed by atoms with Crippen LogP contribution in [0.2, 0.25) is 0 Å². The van der Waals surface area contributed by atoms with Gasteiger partial charge in [-0.15, -0.1) is 16.7 Å². The number of nitrogens with zero attached hydrogens (tertiary/aromatic N) is 3. The van der Waals surface area contributed by atoms with Gasteiger partial charge in [-0.05, 0) is 36.4 Å². The molecule has 3 aromatic rings. The van der Waals surface area contributed by atoms with E-state index in [4.69, 9.17) is 16.3 Å². The van der Waals surface area contributed by atoms with Crippen molar-refractivity contribution in [2.45, 2.75) is 6.18 Å². The Morgan fingerprint density at radius 1 is 1.21 bits per heavy atom. The highest BCUT2D eigenvalue weighted by molar-refractivity contribution is 6.29. The number of rotatable bonds is 5. The maximum Gasteiger partial charge on any atom is 0.416 e. The lowest BCUT2D eigenvalue weighted by atomic mass is 10.1. The molecule has 0 saturated heterocycles. The quantitative estimate of drug-likeness (QED) is 0.642. The largest absolute Gasteiger partial charge is 0.466 e. The van der Waals surface area contributed by atoms with Gasteiger partial charge >= 0.3 is 12.2 Å². The van der Waals surface area contributed by atoms with Gasteiger partial charge in [0.1, 0.15) is 5.88 Å². The standard InChI is InChI=1S/C18H14ClF3N4O2/c1-28-17-24-16(11-3-2-4-12(9-11)18(20,21)22)26(25-17)14-7-5-13(6-8-14)23-15(27)10-19/h2-9H,10H2,1H3,(H,23,27). The van der Waals surface area contributed by atoms with Crippen LogP contribution in [-0.2, 0) is 11.0 Å². The zero-order valence-electron chi connectivity index (χ0n) is 14.5. The molecule has 0 unspecified atom stereocenters. The molecule has 1 aromatic heterocycles. The maximum atomic E-state index is 13.0. The van der Waals surface area contributed by atoms with E-state index in [0.717, 1.165) is 12.1 Å². The monoisotopic (exact) mass is 410 g/mol. The Morgan fingerprint density at radius 3 is 2.54 bits per heavy atom. The van der Waals surface area contributed by atoms with Crippen molar-refractivity contribution in [2.24, 2.45) is 0 Å². The number of nitrogens with one attached hydrogen (secondary N) is 1. The SMILES string of the molecule is COc1nc(-c2cccc(C(F)(F)F)c2)n(-c2ccc(NC(=O)CCl)cc2)n1. The van der Waals surface area contributed by atoms with E-state index < -0.39 is 11.7 Å². The summed E-state index contributed by atoms with van der Waals surface area (Å²) in [6, 6.07) is 11.3. The number of halogens is 4. The topological polar surface area (TPSA) is 69.0 Å². The van der Waals surface area contributed by atoms with Crippen LogP contribution in [0.15, 0.2) is 48.5 Å². The summed E-state index contributed by atoms with van der Waals surface area (Å²) in [5, 5.41) is 6.76. The van der Waals surface area contributed by atoms with E-state index in [1.165, 1.54) is 23.9 Å². The molecule has 0 aliphatic heterocycles. The average Bonchev–Trinajstić information content (AvgIpc) is 3.12. The zero-order chi connectivity index (χ0) is 20.3. The van der Waals surface area contributed by atoms with Crippen molar-refractivity contribution in [3.05, 3.63) is 54.1 Å². The van der Waals surface area contributed by atoms with Crippen LogP contribution in [0.4, 0.5) is 18.9 Å². The Bertz CT molecular complexity index is 987. The van der Waals surface area contributed by atoms with Gasteiger partial charge in [0.15, 0.2) is 5.82 Å². The fraction of sp³-hybridized carbons (Fsp3) is 0.167. The van der Waals surface area contributed by atoms with Crippen molar-refractivity contribution in [2.75, 3.05) is 18.3 Å². The summed E-state index contributed by atoms with van der Waals surface area (Å²) in [5.74, 6) is -0.358. The van der Waals surface area contributed by atoms with Crippen LogP contribution in [0.1, 0.15) is 5.56 Å². The summed E-state index contributed by atoms with van der Waals surface area (Å²) in [4.78, 5) is 15.5. The molecular formula is C18H14ClF3N4O2. The Balaban J connectivity index is 2.02. The molecule has 146 valence electrons. The Labute approximate surface area is 162 Å². The van der Waals surface area contributed by atoms with Gasteiger partial charge < -0.3 is 10.1 Å². The molecule has 0 spiro atoms. The average molecular weight is 411 g/mol. The van der Waals surface area contributed by atoms with Crippen molar-refractivity contribution < 1.29 is 22.7 Å². The summed E-state index contributed by atoms with van der Waals surface area (Å²) < 4.78 is 45.5. The summed E-state index contributed by atoms with van der Waals surface area (Å²) >= 11 is 5.45. The fourth-order valence-corrected chi connectivity index (χ4v) is 2.53. The van der Waals surface area contributed by atoms with E-state index >= 15 is 0 Å². The number of benzene rings is 2. The third-order valence-corrected chi connectivity index (χ3v) is 3.98. The van der Waals surface area contributed by atoms with Crippen molar-refractivity contribution in [3.63, 3.8) is 0 Å². The second-order valence-corrected chi connectivity index (χ2v) is 5.91. The number of carbonyl (C=O) groups is 1. The molecule has 6 nitrogen and oxygen atoms in total. The predicted molar refractivity (Wildman–Crippen MR) is 97.7 cm³/mol. The third kappa shape index (κ3) is 4.25. The first-order chi connectivity index (χ1) is 13.3. The molecule has 1 amide bonds. The molecule has 0 saturated carbocycles. The lowest BCUT2D eigenvalue weighted by Gasteiger charge is -2.10. The van der Waals surface area contributed by atoms with E-state index in [1.807, 2.05) is 0 Å². The molecule has 1 N–H and O–H groups in total. The summed E-state index contributed by atoms with van der Waals surface area (Å²) in [6.45, 7) is 0. The van der Waals surface area contributed by atoms with E-state index in [9.17, 15) is 18.0 Å². The van der Waals surface area contributed by atoms with E-state index in [0.29, 0.717) is 11.4 Å². The van der Waals surface area contributed by atoms with Gasteiger partial charge in [-0.2, -0.15) is 18.2 Å². The number of hydrogen-bond donors (Lipinski definition) is 1. The van der Waals surface area contributed by atoms with Gasteiger partial charge in [0.2, 0.25) is 5.91 Å². The smallest absolute Gasteiger partial charge is 0.416 e. The minimum absolute atomic E-state index is 0.00642. The van der Waals surface area contributed by atoms with Gasteiger partial charge in [0.25, 0.3) is 0 Å². The summed E-state index contributed by atoms with van der Waals surface area (Å²) in [7, 11) is 1.36. The summed E-state index contributed by atoms with van der Waals surface area (Å²) in [6.07, 6.45) is -4.48. The van der Waals surface area contributed by atoms with Gasteiger partial charge in [0.05, 0.1) is 18.4 Å². The predicted octanol–water partition coefficient (Wildman–Crippen LogP) is 4.14. The van der Waals surface area contributed by atoms with Crippen LogP contribution in [-0.4, -0.2) is 33.7 Å². The Hall–Kier alpha value is -3.07. The molecule has 10 heteroatoms. The van der Waals surface area contributed by atoms with Crippen LogP contribution in [0.25, 0.3) is 17.1 Å². The normalized spacial score (nSPS) is 11.3. The second-order valence-electron chi connectivity index (χ2n) is 5.64. The fourth-order valence-electron chi connectivity index (χ4n) is 2.46. The third-order valence-electron chi connectivity index (χ3n) is 3.74. The molecule has 0 bridgehead atoms.